The first-order chi connectivity index (χ1) is 16.6. The van der Waals surface area contributed by atoms with Gasteiger partial charge in [0.1, 0.15) is 19.0 Å². The summed E-state index contributed by atoms with van der Waals surface area (Å²) in [6.07, 6.45) is 4.12. The summed E-state index contributed by atoms with van der Waals surface area (Å²) in [6, 6.07) is 25.7. The molecule has 0 heterocycles. The fourth-order valence-corrected chi connectivity index (χ4v) is 4.86. The molecule has 3 aromatic carbocycles. The Hall–Kier alpha value is -3.34. The molecule has 1 aliphatic rings. The van der Waals surface area contributed by atoms with Gasteiger partial charge in [-0.05, 0) is 59.9 Å². The fourth-order valence-electron chi connectivity index (χ4n) is 4.86. The van der Waals surface area contributed by atoms with Crippen molar-refractivity contribution in [3.63, 3.8) is 0 Å². The SMILES string of the molecule is COCCOc1ccc(C2(/C(C)=C/C=C(\C)OCCO)c3ccccc3-c3ccccc32)cc1. The number of aliphatic hydroxyl groups is 1. The highest BCUT2D eigenvalue weighted by molar-refractivity contribution is 5.85. The molecule has 0 saturated carbocycles. The third-order valence-electron chi connectivity index (χ3n) is 6.38. The molecule has 0 atom stereocenters. The average Bonchev–Trinajstić information content (AvgIpc) is 3.18. The molecule has 34 heavy (non-hydrogen) atoms. The molecule has 0 spiro atoms. The van der Waals surface area contributed by atoms with E-state index in [9.17, 15) is 0 Å². The number of methoxy groups -OCH3 is 1. The Morgan fingerprint density at radius 1 is 0.794 bits per heavy atom. The minimum absolute atomic E-state index is 0.00261. The number of hydrogen-bond acceptors (Lipinski definition) is 4. The first-order valence-corrected chi connectivity index (χ1v) is 11.6. The predicted molar refractivity (Wildman–Crippen MR) is 136 cm³/mol. The van der Waals surface area contributed by atoms with Gasteiger partial charge in [-0.3, -0.25) is 0 Å². The molecule has 4 nitrogen and oxygen atoms in total. The second kappa shape index (κ2) is 10.7. The van der Waals surface area contributed by atoms with Crippen LogP contribution in [0.2, 0.25) is 0 Å². The van der Waals surface area contributed by atoms with E-state index in [4.69, 9.17) is 19.3 Å². The third kappa shape index (κ3) is 4.39. The summed E-state index contributed by atoms with van der Waals surface area (Å²) < 4.78 is 16.5. The van der Waals surface area contributed by atoms with Gasteiger partial charge in [-0.1, -0.05) is 72.3 Å². The summed E-state index contributed by atoms with van der Waals surface area (Å²) in [4.78, 5) is 0. The maximum absolute atomic E-state index is 9.08. The number of ether oxygens (including phenoxy) is 3. The van der Waals surface area contributed by atoms with Crippen molar-refractivity contribution in [2.75, 3.05) is 33.5 Å². The lowest BCUT2D eigenvalue weighted by Crippen LogP contribution is -2.28. The molecule has 0 radical (unpaired) electrons. The van der Waals surface area contributed by atoms with E-state index in [2.05, 4.69) is 73.7 Å². The summed E-state index contributed by atoms with van der Waals surface area (Å²) in [5, 5.41) is 9.08. The van der Waals surface area contributed by atoms with Crippen LogP contribution in [-0.4, -0.2) is 38.6 Å². The van der Waals surface area contributed by atoms with Crippen LogP contribution in [0.15, 0.2) is 96.3 Å². The van der Waals surface area contributed by atoms with Crippen LogP contribution < -0.4 is 4.74 Å². The Bertz CT molecular complexity index is 1130. The first kappa shape index (κ1) is 23.8. The molecule has 1 N–H and O–H groups in total. The highest BCUT2D eigenvalue weighted by atomic mass is 16.5. The van der Waals surface area contributed by atoms with Crippen LogP contribution in [0.1, 0.15) is 30.5 Å². The molecule has 0 aromatic heterocycles. The molecule has 0 unspecified atom stereocenters. The number of hydrogen-bond donors (Lipinski definition) is 1. The number of benzene rings is 3. The quantitative estimate of drug-likeness (QED) is 0.235. The molecular weight excluding hydrogens is 424 g/mol. The van der Waals surface area contributed by atoms with E-state index in [0.717, 1.165) is 11.5 Å². The summed E-state index contributed by atoms with van der Waals surface area (Å²) in [5.74, 6) is 1.59. The van der Waals surface area contributed by atoms with Gasteiger partial charge >= 0.3 is 0 Å². The van der Waals surface area contributed by atoms with Gasteiger partial charge < -0.3 is 19.3 Å². The molecule has 0 fully saturated rings. The third-order valence-corrected chi connectivity index (χ3v) is 6.38. The Labute approximate surface area is 202 Å². The standard InChI is InChI=1S/C30H32O4/c1-22(12-13-23(2)33-19-18-31)30(24-14-16-25(17-15-24)34-21-20-32-3)28-10-6-4-8-26(28)27-9-5-7-11-29(27)30/h4-17,31H,18-21H2,1-3H3/b22-12+,23-13+. The van der Waals surface area contributed by atoms with E-state index in [1.54, 1.807) is 7.11 Å². The van der Waals surface area contributed by atoms with E-state index in [1.807, 2.05) is 25.1 Å². The summed E-state index contributed by atoms with van der Waals surface area (Å²) >= 11 is 0. The Morgan fingerprint density at radius 3 is 2.00 bits per heavy atom. The van der Waals surface area contributed by atoms with Gasteiger partial charge in [0.15, 0.2) is 0 Å². The molecular formula is C30H32O4. The van der Waals surface area contributed by atoms with Crippen molar-refractivity contribution in [3.05, 3.63) is 113 Å². The molecule has 3 aromatic rings. The lowest BCUT2D eigenvalue weighted by atomic mass is 9.67. The molecule has 0 aliphatic heterocycles. The maximum Gasteiger partial charge on any atom is 0.119 e. The lowest BCUT2D eigenvalue weighted by Gasteiger charge is -2.34. The Morgan fingerprint density at radius 2 is 1.41 bits per heavy atom. The number of fused-ring (bicyclic) bond motifs is 3. The Kier molecular flexibility index (Phi) is 7.51. The number of allylic oxidation sites excluding steroid dienone is 4. The van der Waals surface area contributed by atoms with Crippen LogP contribution in [-0.2, 0) is 14.9 Å². The minimum Gasteiger partial charge on any atom is -0.496 e. The van der Waals surface area contributed by atoms with Crippen molar-refractivity contribution in [1.29, 1.82) is 0 Å². The van der Waals surface area contributed by atoms with Gasteiger partial charge in [0.05, 0.1) is 24.4 Å². The molecule has 1 aliphatic carbocycles. The second-order valence-electron chi connectivity index (χ2n) is 8.41. The van der Waals surface area contributed by atoms with Crippen molar-refractivity contribution >= 4 is 0 Å². The minimum atomic E-state index is -0.438. The van der Waals surface area contributed by atoms with Crippen LogP contribution in [0.25, 0.3) is 11.1 Å². The smallest absolute Gasteiger partial charge is 0.119 e. The van der Waals surface area contributed by atoms with Crippen molar-refractivity contribution in [2.45, 2.75) is 19.3 Å². The van der Waals surface area contributed by atoms with Crippen LogP contribution in [0.4, 0.5) is 0 Å². The van der Waals surface area contributed by atoms with E-state index < -0.39 is 5.41 Å². The summed E-state index contributed by atoms with van der Waals surface area (Å²) in [7, 11) is 1.67. The monoisotopic (exact) mass is 456 g/mol. The molecule has 0 saturated heterocycles. The van der Waals surface area contributed by atoms with Crippen molar-refractivity contribution in [3.8, 4) is 16.9 Å². The van der Waals surface area contributed by atoms with Crippen molar-refractivity contribution in [2.24, 2.45) is 0 Å². The first-order valence-electron chi connectivity index (χ1n) is 11.6. The highest BCUT2D eigenvalue weighted by Gasteiger charge is 2.45. The van der Waals surface area contributed by atoms with Gasteiger partial charge in [0, 0.05) is 7.11 Å². The van der Waals surface area contributed by atoms with E-state index in [-0.39, 0.29) is 13.2 Å². The van der Waals surface area contributed by atoms with Crippen LogP contribution in [0.3, 0.4) is 0 Å². The number of aliphatic hydroxyl groups excluding tert-OH is 1. The molecule has 4 rings (SSSR count). The predicted octanol–water partition coefficient (Wildman–Crippen LogP) is 5.89. The van der Waals surface area contributed by atoms with Gasteiger partial charge in [-0.15, -0.1) is 0 Å². The molecule has 0 bridgehead atoms. The van der Waals surface area contributed by atoms with Gasteiger partial charge in [-0.2, -0.15) is 0 Å². The van der Waals surface area contributed by atoms with E-state index in [0.29, 0.717) is 13.2 Å². The molecule has 176 valence electrons. The Balaban J connectivity index is 1.87. The maximum atomic E-state index is 9.08. The number of rotatable bonds is 10. The van der Waals surface area contributed by atoms with Crippen molar-refractivity contribution in [1.82, 2.24) is 0 Å². The molecule has 4 heteroatoms. The summed E-state index contributed by atoms with van der Waals surface area (Å²) in [5.41, 5.74) is 6.96. The highest BCUT2D eigenvalue weighted by Crippen LogP contribution is 2.56. The topological polar surface area (TPSA) is 47.9 Å². The van der Waals surface area contributed by atoms with Crippen LogP contribution >= 0.6 is 0 Å². The lowest BCUT2D eigenvalue weighted by molar-refractivity contribution is 0.146. The molecule has 0 amide bonds. The van der Waals surface area contributed by atoms with Crippen molar-refractivity contribution < 1.29 is 19.3 Å². The fraction of sp³-hybridized carbons (Fsp3) is 0.267. The van der Waals surface area contributed by atoms with Crippen LogP contribution in [0, 0.1) is 0 Å². The normalized spacial score (nSPS) is 14.5. The largest absolute Gasteiger partial charge is 0.496 e. The zero-order valence-corrected chi connectivity index (χ0v) is 20.1. The average molecular weight is 457 g/mol. The van der Waals surface area contributed by atoms with Crippen LogP contribution in [0.5, 0.6) is 5.75 Å². The van der Waals surface area contributed by atoms with Gasteiger partial charge in [0.25, 0.3) is 0 Å². The van der Waals surface area contributed by atoms with E-state index >= 15 is 0 Å². The second-order valence-corrected chi connectivity index (χ2v) is 8.41. The zero-order valence-electron chi connectivity index (χ0n) is 20.1. The van der Waals surface area contributed by atoms with E-state index in [1.165, 1.54) is 33.4 Å². The zero-order chi connectivity index (χ0) is 24.0. The van der Waals surface area contributed by atoms with Gasteiger partial charge in [0.2, 0.25) is 0 Å². The summed E-state index contributed by atoms with van der Waals surface area (Å²) in [6.45, 7) is 5.45. The van der Waals surface area contributed by atoms with Gasteiger partial charge in [-0.25, -0.2) is 0 Å².